The van der Waals surface area contributed by atoms with E-state index >= 15 is 0 Å². The first kappa shape index (κ1) is 12.1. The van der Waals surface area contributed by atoms with Gasteiger partial charge in [-0.1, -0.05) is 5.90 Å². The molecule has 0 heterocycles. The zero-order valence-electron chi connectivity index (χ0n) is 9.20. The van der Waals surface area contributed by atoms with E-state index in [1.54, 1.807) is 0 Å². The van der Waals surface area contributed by atoms with Gasteiger partial charge < -0.3 is 19.0 Å². The molecular formula is C10H12NO5. The molecule has 0 amide bonds. The number of carbonyl (C=O) groups excluding carboxylic acids is 1. The summed E-state index contributed by atoms with van der Waals surface area (Å²) in [6.07, 6.45) is 0. The van der Waals surface area contributed by atoms with Crippen LogP contribution in [-0.4, -0.2) is 27.3 Å². The van der Waals surface area contributed by atoms with Crippen molar-refractivity contribution in [3.05, 3.63) is 17.7 Å². The van der Waals surface area contributed by atoms with E-state index in [2.05, 4.69) is 4.84 Å². The standard InChI is InChI=1S/C10H12NO5/c1-13-7-4-6(10(12)16-11)5-8(14-2)9(7)15-3/h4-5,11H,1-3H3. The summed E-state index contributed by atoms with van der Waals surface area (Å²) in [5.41, 5.74) is 0.157. The SMILES string of the molecule is COc1cc(C(=O)O[NH])cc(OC)c1OC. The number of nitrogens with one attached hydrogen (secondary N) is 1. The summed E-state index contributed by atoms with van der Waals surface area (Å²) in [5, 5.41) is 0. The van der Waals surface area contributed by atoms with Crippen LogP contribution in [0.15, 0.2) is 12.1 Å². The molecule has 0 aliphatic carbocycles. The Bertz CT molecular complexity index is 366. The predicted octanol–water partition coefficient (Wildman–Crippen LogP) is 1.07. The molecule has 6 nitrogen and oxygen atoms in total. The molecule has 0 aliphatic heterocycles. The van der Waals surface area contributed by atoms with Gasteiger partial charge in [-0.3, -0.25) is 0 Å². The van der Waals surface area contributed by atoms with Crippen molar-refractivity contribution in [2.75, 3.05) is 21.3 Å². The van der Waals surface area contributed by atoms with Crippen LogP contribution in [0, 0.1) is 0 Å². The lowest BCUT2D eigenvalue weighted by Gasteiger charge is -2.12. The summed E-state index contributed by atoms with van der Waals surface area (Å²) in [7, 11) is 4.34. The van der Waals surface area contributed by atoms with Crippen molar-refractivity contribution in [3.63, 3.8) is 0 Å². The van der Waals surface area contributed by atoms with Gasteiger partial charge in [0.15, 0.2) is 11.5 Å². The van der Waals surface area contributed by atoms with Crippen molar-refractivity contribution in [2.24, 2.45) is 0 Å². The third-order valence-electron chi connectivity index (χ3n) is 1.99. The molecule has 0 aromatic heterocycles. The highest BCUT2D eigenvalue weighted by Crippen LogP contribution is 2.38. The third-order valence-corrected chi connectivity index (χ3v) is 1.99. The summed E-state index contributed by atoms with van der Waals surface area (Å²) in [6, 6.07) is 2.83. The molecule has 1 aromatic rings. The molecule has 1 N–H and O–H groups in total. The largest absolute Gasteiger partial charge is 0.493 e. The molecule has 0 spiro atoms. The second kappa shape index (κ2) is 5.22. The van der Waals surface area contributed by atoms with Crippen molar-refractivity contribution in [3.8, 4) is 17.2 Å². The summed E-state index contributed by atoms with van der Waals surface area (Å²) >= 11 is 0. The Morgan fingerprint density at radius 2 is 1.56 bits per heavy atom. The fourth-order valence-corrected chi connectivity index (χ4v) is 1.26. The minimum atomic E-state index is -0.792. The van der Waals surface area contributed by atoms with Gasteiger partial charge in [0.1, 0.15) is 0 Å². The second-order valence-electron chi connectivity index (χ2n) is 2.80. The second-order valence-corrected chi connectivity index (χ2v) is 2.80. The van der Waals surface area contributed by atoms with Gasteiger partial charge in [0.05, 0.1) is 26.9 Å². The molecule has 1 aromatic carbocycles. The fraction of sp³-hybridized carbons (Fsp3) is 0.300. The average molecular weight is 226 g/mol. The predicted molar refractivity (Wildman–Crippen MR) is 54.6 cm³/mol. The molecule has 0 aliphatic rings. The maximum Gasteiger partial charge on any atom is 0.358 e. The van der Waals surface area contributed by atoms with Crippen molar-refractivity contribution < 1.29 is 23.8 Å². The Balaban J connectivity index is 3.31. The molecular weight excluding hydrogens is 214 g/mol. The molecule has 0 fully saturated rings. The normalized spacial score (nSPS) is 9.50. The molecule has 1 rings (SSSR count). The number of hydrogen-bond donors (Lipinski definition) is 0. The Labute approximate surface area is 92.8 Å². The van der Waals surface area contributed by atoms with Crippen LogP contribution in [-0.2, 0) is 4.84 Å². The first-order valence-electron chi connectivity index (χ1n) is 4.35. The van der Waals surface area contributed by atoms with Crippen LogP contribution >= 0.6 is 0 Å². The Morgan fingerprint density at radius 3 is 1.88 bits per heavy atom. The van der Waals surface area contributed by atoms with Gasteiger partial charge in [-0.2, -0.15) is 0 Å². The highest BCUT2D eigenvalue weighted by atomic mass is 16.7. The molecule has 16 heavy (non-hydrogen) atoms. The van der Waals surface area contributed by atoms with Crippen LogP contribution in [0.25, 0.3) is 0 Å². The van der Waals surface area contributed by atoms with Gasteiger partial charge in [0.2, 0.25) is 5.75 Å². The van der Waals surface area contributed by atoms with Gasteiger partial charge in [-0.05, 0) is 12.1 Å². The fourth-order valence-electron chi connectivity index (χ4n) is 1.26. The van der Waals surface area contributed by atoms with Crippen LogP contribution in [0.2, 0.25) is 0 Å². The molecule has 0 saturated carbocycles. The monoisotopic (exact) mass is 226 g/mol. The van der Waals surface area contributed by atoms with E-state index in [0.717, 1.165) is 0 Å². The number of ether oxygens (including phenoxy) is 3. The maximum absolute atomic E-state index is 11.2. The average Bonchev–Trinajstić information content (AvgIpc) is 2.35. The van der Waals surface area contributed by atoms with E-state index < -0.39 is 5.97 Å². The Kier molecular flexibility index (Phi) is 3.96. The van der Waals surface area contributed by atoms with Crippen LogP contribution in [0.1, 0.15) is 10.4 Å². The van der Waals surface area contributed by atoms with Gasteiger partial charge in [-0.25, -0.2) is 4.79 Å². The van der Waals surface area contributed by atoms with Crippen molar-refractivity contribution in [2.45, 2.75) is 0 Å². The Morgan fingerprint density at radius 1 is 1.06 bits per heavy atom. The van der Waals surface area contributed by atoms with E-state index in [4.69, 9.17) is 20.1 Å². The topological polar surface area (TPSA) is 77.8 Å². The van der Waals surface area contributed by atoms with Gasteiger partial charge in [-0.15, -0.1) is 0 Å². The van der Waals surface area contributed by atoms with Crippen LogP contribution in [0.5, 0.6) is 17.2 Å². The number of carbonyl (C=O) groups is 1. The first-order valence-corrected chi connectivity index (χ1v) is 4.35. The van der Waals surface area contributed by atoms with Gasteiger partial charge in [0, 0.05) is 0 Å². The number of benzene rings is 1. The van der Waals surface area contributed by atoms with E-state index in [1.165, 1.54) is 33.5 Å². The molecule has 6 heteroatoms. The number of hydrogen-bond acceptors (Lipinski definition) is 5. The zero-order valence-corrected chi connectivity index (χ0v) is 9.20. The van der Waals surface area contributed by atoms with E-state index in [9.17, 15) is 4.79 Å². The van der Waals surface area contributed by atoms with Crippen LogP contribution in [0.3, 0.4) is 0 Å². The maximum atomic E-state index is 11.2. The van der Waals surface area contributed by atoms with Crippen LogP contribution in [0.4, 0.5) is 0 Å². The lowest BCUT2D eigenvalue weighted by molar-refractivity contribution is 0.0463. The van der Waals surface area contributed by atoms with Crippen LogP contribution < -0.4 is 20.1 Å². The molecule has 0 saturated heterocycles. The van der Waals surface area contributed by atoms with E-state index in [-0.39, 0.29) is 5.56 Å². The minimum Gasteiger partial charge on any atom is -0.493 e. The molecule has 0 bridgehead atoms. The van der Waals surface area contributed by atoms with Crippen molar-refractivity contribution in [1.29, 1.82) is 0 Å². The molecule has 0 unspecified atom stereocenters. The smallest absolute Gasteiger partial charge is 0.358 e. The van der Waals surface area contributed by atoms with Crippen molar-refractivity contribution in [1.82, 2.24) is 5.90 Å². The zero-order chi connectivity index (χ0) is 12.1. The number of methoxy groups -OCH3 is 3. The summed E-state index contributed by atoms with van der Waals surface area (Å²) in [5.74, 6) is 6.80. The highest BCUT2D eigenvalue weighted by molar-refractivity contribution is 5.90. The van der Waals surface area contributed by atoms with Crippen molar-refractivity contribution >= 4 is 5.97 Å². The highest BCUT2D eigenvalue weighted by Gasteiger charge is 2.17. The number of rotatable bonds is 4. The summed E-state index contributed by atoms with van der Waals surface area (Å²) in [4.78, 5) is 15.1. The van der Waals surface area contributed by atoms with E-state index in [1.807, 2.05) is 0 Å². The van der Waals surface area contributed by atoms with Gasteiger partial charge in [0.25, 0.3) is 0 Å². The molecule has 1 radical (unpaired) electrons. The molecule has 0 atom stereocenters. The minimum absolute atomic E-state index is 0.157. The third kappa shape index (κ3) is 2.17. The summed E-state index contributed by atoms with van der Waals surface area (Å²) in [6.45, 7) is 0. The Hall–Kier alpha value is -1.95. The summed E-state index contributed by atoms with van der Waals surface area (Å²) < 4.78 is 15.2. The van der Waals surface area contributed by atoms with Gasteiger partial charge >= 0.3 is 5.97 Å². The van der Waals surface area contributed by atoms with E-state index in [0.29, 0.717) is 17.2 Å². The lowest BCUT2D eigenvalue weighted by Crippen LogP contribution is -2.05. The molecule has 87 valence electrons. The first-order chi connectivity index (χ1) is 7.67. The quantitative estimate of drug-likeness (QED) is 0.717. The lowest BCUT2D eigenvalue weighted by atomic mass is 10.2.